The highest BCUT2D eigenvalue weighted by molar-refractivity contribution is 6.30. The maximum Gasteiger partial charge on any atom is 0.317 e. The summed E-state index contributed by atoms with van der Waals surface area (Å²) in [7, 11) is 0. The fourth-order valence-electron chi connectivity index (χ4n) is 4.13. The van der Waals surface area contributed by atoms with E-state index in [2.05, 4.69) is 0 Å². The largest absolute Gasteiger partial charge is 0.507 e. The molecule has 12 heteroatoms. The maximum absolute atomic E-state index is 13.3. The second kappa shape index (κ2) is 9.66. The quantitative estimate of drug-likeness (QED) is 0.218. The molecule has 0 unspecified atom stereocenters. The number of aromatic hydroxyl groups is 1. The van der Waals surface area contributed by atoms with Crippen molar-refractivity contribution < 1.29 is 58.9 Å². The number of fused-ring (bicyclic) bond motifs is 2. The van der Waals surface area contributed by atoms with Crippen molar-refractivity contribution in [2.75, 3.05) is 6.61 Å². The van der Waals surface area contributed by atoms with Crippen LogP contribution in [0.5, 0.6) is 11.5 Å². The van der Waals surface area contributed by atoms with E-state index in [0.717, 1.165) is 0 Å². The Balaban J connectivity index is 1.61. The molecular formula is C24H22O12. The van der Waals surface area contributed by atoms with Crippen LogP contribution in [-0.4, -0.2) is 86.4 Å². The summed E-state index contributed by atoms with van der Waals surface area (Å²) in [6, 6.07) is 6.95. The number of esters is 1. The Labute approximate surface area is 203 Å². The van der Waals surface area contributed by atoms with Gasteiger partial charge in [-0.25, -0.2) is 0 Å². The lowest BCUT2D eigenvalue weighted by Crippen LogP contribution is -2.60. The van der Waals surface area contributed by atoms with Crippen molar-refractivity contribution in [3.05, 3.63) is 58.1 Å². The fourth-order valence-corrected chi connectivity index (χ4v) is 4.13. The zero-order valence-corrected chi connectivity index (χ0v) is 18.8. The molecule has 2 aromatic carbocycles. The van der Waals surface area contributed by atoms with Crippen molar-refractivity contribution in [2.24, 2.45) is 0 Å². The Hall–Kier alpha value is -3.84. The third-order valence-electron chi connectivity index (χ3n) is 5.85. The molecule has 36 heavy (non-hydrogen) atoms. The van der Waals surface area contributed by atoms with Crippen LogP contribution in [-0.2, 0) is 19.1 Å². The molecule has 12 nitrogen and oxygen atoms in total. The van der Waals surface area contributed by atoms with Gasteiger partial charge in [0.1, 0.15) is 48.9 Å². The molecule has 0 spiro atoms. The number of aliphatic hydroxyl groups excluding tert-OH is 3. The van der Waals surface area contributed by atoms with Crippen LogP contribution in [0.4, 0.5) is 0 Å². The number of benzene rings is 2. The first-order valence-electron chi connectivity index (χ1n) is 10.8. The molecule has 1 aliphatic heterocycles. The zero-order valence-electron chi connectivity index (χ0n) is 18.8. The number of phenolic OH excluding ortho intramolecular Hbond substituents is 1. The first-order valence-corrected chi connectivity index (χ1v) is 10.8. The molecule has 0 radical (unpaired) electrons. The molecule has 5 N–H and O–H groups in total. The number of carbonyl (C=O) groups is 4. The number of hydrogen-bond acceptors (Lipinski definition) is 11. The second-order valence-electron chi connectivity index (χ2n) is 8.43. The minimum absolute atomic E-state index is 0.0139. The normalized spacial score (nSPS) is 25.1. The molecule has 0 aromatic heterocycles. The predicted molar refractivity (Wildman–Crippen MR) is 117 cm³/mol. The Morgan fingerprint density at radius 2 is 1.69 bits per heavy atom. The number of carbonyl (C=O) groups excluding carboxylic acids is 3. The van der Waals surface area contributed by atoms with Gasteiger partial charge < -0.3 is 39.7 Å². The fraction of sp³-hybridized carbons (Fsp3) is 0.333. The van der Waals surface area contributed by atoms with Gasteiger partial charge >= 0.3 is 11.9 Å². The molecule has 1 saturated heterocycles. The average molecular weight is 502 g/mol. The number of aryl methyl sites for hydroxylation is 1. The van der Waals surface area contributed by atoms with Crippen LogP contribution in [0.3, 0.4) is 0 Å². The lowest BCUT2D eigenvalue weighted by molar-refractivity contribution is -0.278. The minimum atomic E-state index is -1.82. The van der Waals surface area contributed by atoms with E-state index in [1.54, 1.807) is 6.92 Å². The first-order chi connectivity index (χ1) is 17.0. The molecule has 4 rings (SSSR count). The lowest BCUT2D eigenvalue weighted by Gasteiger charge is -2.40. The Morgan fingerprint density at radius 3 is 2.39 bits per heavy atom. The van der Waals surface area contributed by atoms with Gasteiger partial charge in [-0.05, 0) is 30.7 Å². The molecule has 2 aromatic rings. The molecule has 0 amide bonds. The van der Waals surface area contributed by atoms with Crippen LogP contribution < -0.4 is 4.74 Å². The topological polar surface area (TPSA) is 197 Å². The van der Waals surface area contributed by atoms with Gasteiger partial charge in [0.25, 0.3) is 0 Å². The highest BCUT2D eigenvalue weighted by Gasteiger charge is 2.46. The number of aliphatic carboxylic acids is 1. The van der Waals surface area contributed by atoms with Gasteiger partial charge in [-0.3, -0.25) is 19.2 Å². The Kier molecular flexibility index (Phi) is 6.78. The molecule has 0 saturated carbocycles. The molecule has 1 fully saturated rings. The van der Waals surface area contributed by atoms with Gasteiger partial charge in [0.2, 0.25) is 12.1 Å². The van der Waals surface area contributed by atoms with Crippen molar-refractivity contribution in [2.45, 2.75) is 44.1 Å². The van der Waals surface area contributed by atoms with Crippen LogP contribution in [0.2, 0.25) is 0 Å². The molecular weight excluding hydrogens is 480 g/mol. The molecule has 0 bridgehead atoms. The molecule has 5 atom stereocenters. The summed E-state index contributed by atoms with van der Waals surface area (Å²) in [5.41, 5.74) is 0.176. The second-order valence-corrected chi connectivity index (χ2v) is 8.43. The van der Waals surface area contributed by atoms with E-state index in [1.807, 2.05) is 0 Å². The van der Waals surface area contributed by atoms with Gasteiger partial charge in [-0.15, -0.1) is 0 Å². The monoisotopic (exact) mass is 502 g/mol. The van der Waals surface area contributed by atoms with Crippen LogP contribution >= 0.6 is 0 Å². The van der Waals surface area contributed by atoms with Gasteiger partial charge in [0, 0.05) is 11.1 Å². The average Bonchev–Trinajstić information content (AvgIpc) is 2.81. The maximum atomic E-state index is 13.3. The Bertz CT molecular complexity index is 1250. The smallest absolute Gasteiger partial charge is 0.317 e. The summed E-state index contributed by atoms with van der Waals surface area (Å²) >= 11 is 0. The summed E-state index contributed by atoms with van der Waals surface area (Å²) in [6.45, 7) is 0.992. The number of aliphatic hydroxyl groups is 3. The number of ether oxygens (including phenoxy) is 3. The number of ketones is 2. The van der Waals surface area contributed by atoms with Gasteiger partial charge in [0.15, 0.2) is 5.78 Å². The number of rotatable bonds is 6. The SMILES string of the molecule is Cc1cc(O)c2c(c1)C(=O)c1cccc(O[C@H]3O[C@@H](COC(=O)CC(=O)O)[C@@H](O)[C@@H](O)[C@@H]3O)c1C2=O. The summed E-state index contributed by atoms with van der Waals surface area (Å²) in [4.78, 5) is 48.5. The first kappa shape index (κ1) is 25.3. The predicted octanol–water partition coefficient (Wildman–Crippen LogP) is -0.320. The van der Waals surface area contributed by atoms with E-state index in [4.69, 9.17) is 19.3 Å². The van der Waals surface area contributed by atoms with E-state index in [-0.39, 0.29) is 33.8 Å². The van der Waals surface area contributed by atoms with Crippen molar-refractivity contribution >= 4 is 23.5 Å². The molecule has 190 valence electrons. The van der Waals surface area contributed by atoms with E-state index in [9.17, 15) is 39.6 Å². The summed E-state index contributed by atoms with van der Waals surface area (Å²) < 4.78 is 15.9. The number of carboxylic acids is 1. The highest BCUT2D eigenvalue weighted by Crippen LogP contribution is 2.38. The van der Waals surface area contributed by atoms with E-state index in [0.29, 0.717) is 5.56 Å². The van der Waals surface area contributed by atoms with Crippen LogP contribution in [0.25, 0.3) is 0 Å². The zero-order chi connectivity index (χ0) is 26.3. The van der Waals surface area contributed by atoms with Gasteiger partial charge in [-0.2, -0.15) is 0 Å². The standard InChI is InChI=1S/C24H22O12/c1-9-5-11-17(12(25)6-9)21(31)18-10(19(11)29)3-2-4-13(18)35-24-23(33)22(32)20(30)14(36-24)8-34-16(28)7-15(26)27/h2-6,14,20,22-25,30,32-33H,7-8H2,1H3,(H,26,27)/t14-,20+,22+,23-,24-/m0/s1. The molecule has 1 aliphatic carbocycles. The van der Waals surface area contributed by atoms with Crippen molar-refractivity contribution in [1.82, 2.24) is 0 Å². The van der Waals surface area contributed by atoms with E-state index >= 15 is 0 Å². The third-order valence-corrected chi connectivity index (χ3v) is 5.85. The van der Waals surface area contributed by atoms with Crippen molar-refractivity contribution in [3.8, 4) is 11.5 Å². The third kappa shape index (κ3) is 4.54. The molecule has 1 heterocycles. The number of hydrogen-bond donors (Lipinski definition) is 5. The van der Waals surface area contributed by atoms with Crippen LogP contribution in [0, 0.1) is 6.92 Å². The Morgan fingerprint density at radius 1 is 0.972 bits per heavy atom. The van der Waals surface area contributed by atoms with Crippen molar-refractivity contribution in [1.29, 1.82) is 0 Å². The summed E-state index contributed by atoms with van der Waals surface area (Å²) in [5, 5.41) is 49.8. The van der Waals surface area contributed by atoms with Gasteiger partial charge in [-0.1, -0.05) is 12.1 Å². The summed E-state index contributed by atoms with van der Waals surface area (Å²) in [6.07, 6.45) is -9.41. The van der Waals surface area contributed by atoms with E-state index in [1.165, 1.54) is 30.3 Å². The molecule has 2 aliphatic rings. The summed E-state index contributed by atoms with van der Waals surface area (Å²) in [5.74, 6) is -4.39. The number of phenols is 1. The minimum Gasteiger partial charge on any atom is -0.507 e. The number of carboxylic acid groups (broad SMARTS) is 1. The van der Waals surface area contributed by atoms with Crippen LogP contribution in [0.1, 0.15) is 43.8 Å². The highest BCUT2D eigenvalue weighted by atomic mass is 16.7. The van der Waals surface area contributed by atoms with E-state index < -0.39 is 67.2 Å². The van der Waals surface area contributed by atoms with Crippen LogP contribution in [0.15, 0.2) is 30.3 Å². The van der Waals surface area contributed by atoms with Gasteiger partial charge in [0.05, 0.1) is 11.1 Å². The lowest BCUT2D eigenvalue weighted by atomic mass is 9.82. The van der Waals surface area contributed by atoms with Crippen molar-refractivity contribution in [3.63, 3.8) is 0 Å².